The lowest BCUT2D eigenvalue weighted by Crippen LogP contribution is -2.29. The third kappa shape index (κ3) is 4.96. The van der Waals surface area contributed by atoms with Gasteiger partial charge in [0, 0.05) is 23.1 Å². The fourth-order valence-corrected chi connectivity index (χ4v) is 2.93. The van der Waals surface area contributed by atoms with E-state index in [0.717, 1.165) is 11.4 Å². The first-order chi connectivity index (χ1) is 10.0. The summed E-state index contributed by atoms with van der Waals surface area (Å²) in [6.07, 6.45) is 8.72. The Kier molecular flexibility index (Phi) is 5.49. The van der Waals surface area contributed by atoms with Crippen LogP contribution >= 0.6 is 0 Å². The van der Waals surface area contributed by atoms with Gasteiger partial charge in [-0.3, -0.25) is 0 Å². The van der Waals surface area contributed by atoms with E-state index in [4.69, 9.17) is 0 Å². The van der Waals surface area contributed by atoms with Gasteiger partial charge in [-0.15, -0.1) is 0 Å². The van der Waals surface area contributed by atoms with E-state index in [1.165, 1.54) is 48.9 Å². The standard InChI is InChI=1S/C19H28N2/c1-14-10-11-15(2)19(12-14)21-17(4)13-16(3)20-18-8-6-5-7-9-18/h10-13,18,20-21H,3,5-9H2,1-2,4H3/b17-13-. The Morgan fingerprint density at radius 1 is 1.19 bits per heavy atom. The van der Waals surface area contributed by atoms with Gasteiger partial charge in [-0.2, -0.15) is 0 Å². The molecule has 1 aliphatic carbocycles. The molecular formula is C19H28N2. The van der Waals surface area contributed by atoms with Crippen molar-refractivity contribution in [2.75, 3.05) is 5.32 Å². The van der Waals surface area contributed by atoms with Gasteiger partial charge in [-0.1, -0.05) is 38.0 Å². The first-order valence-electron chi connectivity index (χ1n) is 8.02. The van der Waals surface area contributed by atoms with Gasteiger partial charge in [0.15, 0.2) is 0 Å². The largest absolute Gasteiger partial charge is 0.383 e. The van der Waals surface area contributed by atoms with Crippen molar-refractivity contribution in [1.82, 2.24) is 5.32 Å². The van der Waals surface area contributed by atoms with Crippen molar-refractivity contribution in [2.45, 2.75) is 58.9 Å². The molecule has 0 saturated heterocycles. The third-order valence-electron chi connectivity index (χ3n) is 4.11. The summed E-state index contributed by atoms with van der Waals surface area (Å²) < 4.78 is 0. The molecule has 1 aromatic carbocycles. The molecule has 0 bridgehead atoms. The van der Waals surface area contributed by atoms with Gasteiger partial charge in [0.1, 0.15) is 0 Å². The minimum Gasteiger partial charge on any atom is -0.383 e. The predicted molar refractivity (Wildman–Crippen MR) is 92.4 cm³/mol. The average Bonchev–Trinajstić information content (AvgIpc) is 2.43. The number of allylic oxidation sites excluding steroid dienone is 2. The molecule has 2 heteroatoms. The van der Waals surface area contributed by atoms with Crippen LogP contribution in [0.5, 0.6) is 0 Å². The number of rotatable bonds is 5. The monoisotopic (exact) mass is 284 g/mol. The van der Waals surface area contributed by atoms with Crippen molar-refractivity contribution in [3.05, 3.63) is 53.4 Å². The lowest BCUT2D eigenvalue weighted by molar-refractivity contribution is 0.399. The molecule has 2 rings (SSSR count). The van der Waals surface area contributed by atoms with Crippen LogP contribution in [-0.4, -0.2) is 6.04 Å². The van der Waals surface area contributed by atoms with Crippen LogP contribution in [0.2, 0.25) is 0 Å². The molecule has 0 unspecified atom stereocenters. The molecule has 2 N–H and O–H groups in total. The van der Waals surface area contributed by atoms with Gasteiger partial charge in [0.25, 0.3) is 0 Å². The van der Waals surface area contributed by atoms with Crippen molar-refractivity contribution in [1.29, 1.82) is 0 Å². The van der Waals surface area contributed by atoms with Gasteiger partial charge < -0.3 is 10.6 Å². The highest BCUT2D eigenvalue weighted by molar-refractivity contribution is 5.56. The molecule has 114 valence electrons. The molecule has 0 atom stereocenters. The summed E-state index contributed by atoms with van der Waals surface area (Å²) in [6.45, 7) is 10.5. The Bertz CT molecular complexity index is 522. The normalized spacial score (nSPS) is 16.6. The van der Waals surface area contributed by atoms with E-state index >= 15 is 0 Å². The van der Waals surface area contributed by atoms with Crippen molar-refractivity contribution < 1.29 is 0 Å². The second-order valence-corrected chi connectivity index (χ2v) is 6.28. The van der Waals surface area contributed by atoms with Crippen LogP contribution < -0.4 is 10.6 Å². The van der Waals surface area contributed by atoms with E-state index in [-0.39, 0.29) is 0 Å². The minimum atomic E-state index is 0.607. The Balaban J connectivity index is 1.93. The molecule has 1 saturated carbocycles. The topological polar surface area (TPSA) is 24.1 Å². The maximum atomic E-state index is 4.14. The van der Waals surface area contributed by atoms with E-state index in [9.17, 15) is 0 Å². The number of hydrogen-bond acceptors (Lipinski definition) is 2. The zero-order valence-electron chi connectivity index (χ0n) is 13.6. The highest BCUT2D eigenvalue weighted by Crippen LogP contribution is 2.20. The molecule has 0 aromatic heterocycles. The molecule has 0 amide bonds. The number of nitrogens with one attached hydrogen (secondary N) is 2. The van der Waals surface area contributed by atoms with Crippen molar-refractivity contribution in [3.8, 4) is 0 Å². The quantitative estimate of drug-likeness (QED) is 0.739. The summed E-state index contributed by atoms with van der Waals surface area (Å²) in [5.74, 6) is 0. The Morgan fingerprint density at radius 2 is 1.90 bits per heavy atom. The molecule has 1 fully saturated rings. The summed E-state index contributed by atoms with van der Waals surface area (Å²) in [4.78, 5) is 0. The molecule has 2 nitrogen and oxygen atoms in total. The molecule has 1 aromatic rings. The zero-order valence-corrected chi connectivity index (χ0v) is 13.6. The molecule has 1 aliphatic rings. The van der Waals surface area contributed by atoms with E-state index in [2.05, 4.69) is 62.3 Å². The Hall–Kier alpha value is -1.70. The molecule has 0 heterocycles. The highest BCUT2D eigenvalue weighted by Gasteiger charge is 2.12. The fourth-order valence-electron chi connectivity index (χ4n) is 2.93. The second-order valence-electron chi connectivity index (χ2n) is 6.28. The predicted octanol–water partition coefficient (Wildman–Crippen LogP) is 5.06. The van der Waals surface area contributed by atoms with Crippen molar-refractivity contribution >= 4 is 5.69 Å². The van der Waals surface area contributed by atoms with Crippen LogP contribution in [0.1, 0.15) is 50.2 Å². The van der Waals surface area contributed by atoms with Gasteiger partial charge >= 0.3 is 0 Å². The number of anilines is 1. The average molecular weight is 284 g/mol. The number of aryl methyl sites for hydroxylation is 2. The zero-order chi connectivity index (χ0) is 15.2. The van der Waals surface area contributed by atoms with Crippen LogP contribution in [0.15, 0.2) is 42.2 Å². The lowest BCUT2D eigenvalue weighted by Gasteiger charge is -2.24. The second kappa shape index (κ2) is 7.35. The first-order valence-corrected chi connectivity index (χ1v) is 8.02. The summed E-state index contributed by atoms with van der Waals surface area (Å²) in [5.41, 5.74) is 5.85. The maximum Gasteiger partial charge on any atom is 0.0414 e. The maximum absolute atomic E-state index is 4.14. The lowest BCUT2D eigenvalue weighted by atomic mass is 9.95. The number of benzene rings is 1. The minimum absolute atomic E-state index is 0.607. The molecular weight excluding hydrogens is 256 g/mol. The van der Waals surface area contributed by atoms with Crippen LogP contribution in [0, 0.1) is 13.8 Å². The van der Waals surface area contributed by atoms with Gasteiger partial charge in [-0.05, 0) is 56.9 Å². The van der Waals surface area contributed by atoms with Crippen molar-refractivity contribution in [3.63, 3.8) is 0 Å². The highest BCUT2D eigenvalue weighted by atomic mass is 14.9. The van der Waals surface area contributed by atoms with Crippen LogP contribution in [-0.2, 0) is 0 Å². The van der Waals surface area contributed by atoms with Gasteiger partial charge in [0.2, 0.25) is 0 Å². The SMILES string of the molecule is C=C(/C=C(/C)Nc1cc(C)ccc1C)NC1CCCCC1. The Labute approximate surface area is 129 Å². The van der Waals surface area contributed by atoms with Gasteiger partial charge in [-0.25, -0.2) is 0 Å². The van der Waals surface area contributed by atoms with Crippen molar-refractivity contribution in [2.24, 2.45) is 0 Å². The molecule has 0 aliphatic heterocycles. The van der Waals surface area contributed by atoms with Crippen LogP contribution in [0.25, 0.3) is 0 Å². The Morgan fingerprint density at radius 3 is 2.62 bits per heavy atom. The molecule has 0 radical (unpaired) electrons. The van der Waals surface area contributed by atoms with Crippen LogP contribution in [0.3, 0.4) is 0 Å². The summed E-state index contributed by atoms with van der Waals surface area (Å²) in [6, 6.07) is 7.09. The first kappa shape index (κ1) is 15.7. The fraction of sp³-hybridized carbons (Fsp3) is 0.474. The van der Waals surface area contributed by atoms with E-state index < -0.39 is 0 Å². The van der Waals surface area contributed by atoms with E-state index in [0.29, 0.717) is 6.04 Å². The summed E-state index contributed by atoms with van der Waals surface area (Å²) in [7, 11) is 0. The molecule has 21 heavy (non-hydrogen) atoms. The molecule has 0 spiro atoms. The summed E-state index contributed by atoms with van der Waals surface area (Å²) in [5, 5.41) is 7.03. The van der Waals surface area contributed by atoms with E-state index in [1.807, 2.05) is 0 Å². The number of hydrogen-bond donors (Lipinski definition) is 2. The summed E-state index contributed by atoms with van der Waals surface area (Å²) >= 11 is 0. The van der Waals surface area contributed by atoms with Crippen LogP contribution in [0.4, 0.5) is 5.69 Å². The van der Waals surface area contributed by atoms with Gasteiger partial charge in [0.05, 0.1) is 0 Å². The smallest absolute Gasteiger partial charge is 0.0414 e. The van der Waals surface area contributed by atoms with E-state index in [1.54, 1.807) is 0 Å². The third-order valence-corrected chi connectivity index (χ3v) is 4.11.